The van der Waals surface area contributed by atoms with Crippen LogP contribution in [0.3, 0.4) is 0 Å². The lowest BCUT2D eigenvalue weighted by Crippen LogP contribution is -2.13. The monoisotopic (exact) mass is 360 g/mol. The highest BCUT2D eigenvalue weighted by atomic mass is 79.9. The molecule has 6 heteroatoms. The quantitative estimate of drug-likeness (QED) is 0.792. The van der Waals surface area contributed by atoms with Gasteiger partial charge in [-0.25, -0.2) is 0 Å². The first-order chi connectivity index (χ1) is 8.58. The number of benzene rings is 1. The third-order valence-electron chi connectivity index (χ3n) is 2.38. The summed E-state index contributed by atoms with van der Waals surface area (Å²) in [7, 11) is 0. The predicted molar refractivity (Wildman–Crippen MR) is 86.7 cm³/mol. The lowest BCUT2D eigenvalue weighted by atomic mass is 10.1. The lowest BCUT2D eigenvalue weighted by molar-refractivity contribution is 1.18. The molecule has 1 heterocycles. The molecule has 0 aliphatic carbocycles. The Hall–Kier alpha value is -0.620. The van der Waals surface area contributed by atoms with E-state index < -0.39 is 0 Å². The molecule has 1 aromatic heterocycles. The average Bonchev–Trinajstić information content (AvgIpc) is 2.73. The highest BCUT2D eigenvalue weighted by molar-refractivity contribution is 9.10. The van der Waals surface area contributed by atoms with E-state index in [0.717, 1.165) is 22.3 Å². The van der Waals surface area contributed by atoms with Gasteiger partial charge in [-0.05, 0) is 45.6 Å². The van der Waals surface area contributed by atoms with Crippen molar-refractivity contribution in [3.05, 3.63) is 49.6 Å². The predicted octanol–water partition coefficient (Wildman–Crippen LogP) is 4.41. The Morgan fingerprint density at radius 1 is 1.44 bits per heavy atom. The van der Waals surface area contributed by atoms with Crippen LogP contribution < -0.4 is 11.1 Å². The van der Waals surface area contributed by atoms with Crippen LogP contribution in [0.1, 0.15) is 10.4 Å². The average molecular weight is 362 g/mol. The van der Waals surface area contributed by atoms with Crippen LogP contribution >= 0.6 is 51.1 Å². The van der Waals surface area contributed by atoms with Gasteiger partial charge in [0, 0.05) is 25.6 Å². The fourth-order valence-corrected chi connectivity index (χ4v) is 3.27. The molecular weight excluding hydrogens is 352 g/mol. The molecule has 2 nitrogen and oxygen atoms in total. The number of nitrogens with one attached hydrogen (secondary N) is 1. The molecule has 0 radical (unpaired) electrons. The van der Waals surface area contributed by atoms with Crippen molar-refractivity contribution in [3.8, 4) is 0 Å². The van der Waals surface area contributed by atoms with Crippen LogP contribution in [0.2, 0.25) is 5.02 Å². The van der Waals surface area contributed by atoms with E-state index in [1.165, 1.54) is 4.88 Å². The Morgan fingerprint density at radius 3 is 2.83 bits per heavy atom. The van der Waals surface area contributed by atoms with Crippen LogP contribution in [0.5, 0.6) is 0 Å². The van der Waals surface area contributed by atoms with Crippen LogP contribution in [0.15, 0.2) is 34.1 Å². The summed E-state index contributed by atoms with van der Waals surface area (Å²) >= 11 is 16.1. The first kappa shape index (κ1) is 13.8. The van der Waals surface area contributed by atoms with Crippen LogP contribution in [0, 0.1) is 0 Å². The van der Waals surface area contributed by atoms with Gasteiger partial charge in [0.25, 0.3) is 0 Å². The number of anilines is 1. The lowest BCUT2D eigenvalue weighted by Gasteiger charge is -2.11. The standard InChI is InChI=1S/C12H10BrClN2S2/c13-9-3-4-18-11(9)6-16-10-2-1-7(14)5-8(10)12(15)17/h1-5,16H,6H2,(H2,15,17). The largest absolute Gasteiger partial charge is 0.389 e. The summed E-state index contributed by atoms with van der Waals surface area (Å²) in [5.41, 5.74) is 7.35. The summed E-state index contributed by atoms with van der Waals surface area (Å²) in [6.45, 7) is 0.718. The van der Waals surface area contributed by atoms with E-state index in [4.69, 9.17) is 29.6 Å². The van der Waals surface area contributed by atoms with E-state index in [2.05, 4.69) is 21.2 Å². The second kappa shape index (κ2) is 6.02. The van der Waals surface area contributed by atoms with Gasteiger partial charge in [0.15, 0.2) is 0 Å². The van der Waals surface area contributed by atoms with E-state index in [9.17, 15) is 0 Å². The maximum atomic E-state index is 5.94. The Bertz CT molecular complexity index is 583. The molecule has 0 saturated carbocycles. The first-order valence-electron chi connectivity index (χ1n) is 5.13. The molecule has 3 N–H and O–H groups in total. The van der Waals surface area contributed by atoms with Crippen molar-refractivity contribution >= 4 is 61.8 Å². The fraction of sp³-hybridized carbons (Fsp3) is 0.0833. The maximum absolute atomic E-state index is 5.94. The molecule has 0 atom stereocenters. The topological polar surface area (TPSA) is 38.0 Å². The Balaban J connectivity index is 2.19. The highest BCUT2D eigenvalue weighted by Gasteiger charge is 2.07. The van der Waals surface area contributed by atoms with Gasteiger partial charge in [-0.3, -0.25) is 0 Å². The molecule has 2 aromatic rings. The number of halogens is 2. The number of thiophene rings is 1. The summed E-state index contributed by atoms with van der Waals surface area (Å²) in [5.74, 6) is 0. The van der Waals surface area contributed by atoms with Gasteiger partial charge in [0.2, 0.25) is 0 Å². The Morgan fingerprint density at radius 2 is 2.22 bits per heavy atom. The molecule has 0 aliphatic rings. The molecule has 2 rings (SSSR count). The zero-order valence-corrected chi connectivity index (χ0v) is 13.2. The second-order valence-corrected chi connectivity index (χ2v) is 6.33. The summed E-state index contributed by atoms with van der Waals surface area (Å²) in [5, 5.41) is 5.98. The summed E-state index contributed by atoms with van der Waals surface area (Å²) < 4.78 is 1.10. The van der Waals surface area contributed by atoms with Gasteiger partial charge in [0.05, 0.1) is 6.54 Å². The van der Waals surface area contributed by atoms with Gasteiger partial charge in [-0.1, -0.05) is 23.8 Å². The van der Waals surface area contributed by atoms with E-state index in [0.29, 0.717) is 10.0 Å². The SMILES string of the molecule is NC(=S)c1cc(Cl)ccc1NCc1sccc1Br. The molecule has 0 saturated heterocycles. The second-order valence-electron chi connectivity index (χ2n) is 3.60. The number of rotatable bonds is 4. The van der Waals surface area contributed by atoms with Gasteiger partial charge in [-0.15, -0.1) is 11.3 Å². The van der Waals surface area contributed by atoms with E-state index in [1.54, 1.807) is 17.4 Å². The molecule has 0 bridgehead atoms. The molecule has 1 aromatic carbocycles. The van der Waals surface area contributed by atoms with Crippen molar-refractivity contribution in [1.82, 2.24) is 0 Å². The summed E-state index contributed by atoms with van der Waals surface area (Å²) in [4.78, 5) is 1.56. The Kier molecular flexibility index (Phi) is 4.61. The molecule has 0 spiro atoms. The molecule has 94 valence electrons. The number of nitrogens with two attached hydrogens (primary N) is 1. The van der Waals surface area contributed by atoms with Crippen molar-refractivity contribution in [2.24, 2.45) is 5.73 Å². The number of thiocarbonyl (C=S) groups is 1. The normalized spacial score (nSPS) is 10.3. The summed E-state index contributed by atoms with van der Waals surface area (Å²) in [6, 6.07) is 7.50. The van der Waals surface area contributed by atoms with Crippen LogP contribution in [-0.4, -0.2) is 4.99 Å². The van der Waals surface area contributed by atoms with Gasteiger partial charge >= 0.3 is 0 Å². The smallest absolute Gasteiger partial charge is 0.106 e. The first-order valence-corrected chi connectivity index (χ1v) is 7.59. The zero-order valence-electron chi connectivity index (χ0n) is 9.24. The third kappa shape index (κ3) is 3.23. The third-order valence-corrected chi connectivity index (χ3v) is 4.76. The van der Waals surface area contributed by atoms with Gasteiger partial charge in [0.1, 0.15) is 4.99 Å². The van der Waals surface area contributed by atoms with E-state index in [-0.39, 0.29) is 0 Å². The summed E-state index contributed by atoms with van der Waals surface area (Å²) in [6.07, 6.45) is 0. The van der Waals surface area contributed by atoms with Crippen LogP contribution in [0.25, 0.3) is 0 Å². The molecule has 18 heavy (non-hydrogen) atoms. The zero-order chi connectivity index (χ0) is 13.1. The van der Waals surface area contributed by atoms with Gasteiger partial charge < -0.3 is 11.1 Å². The molecule has 0 fully saturated rings. The fourth-order valence-electron chi connectivity index (χ4n) is 1.50. The van der Waals surface area contributed by atoms with Crippen molar-refractivity contribution < 1.29 is 0 Å². The van der Waals surface area contributed by atoms with E-state index >= 15 is 0 Å². The van der Waals surface area contributed by atoms with Crippen LogP contribution in [-0.2, 0) is 6.54 Å². The van der Waals surface area contributed by atoms with E-state index in [1.807, 2.05) is 23.6 Å². The number of hydrogen-bond acceptors (Lipinski definition) is 3. The molecule has 0 amide bonds. The molecule has 0 unspecified atom stereocenters. The highest BCUT2D eigenvalue weighted by Crippen LogP contribution is 2.25. The van der Waals surface area contributed by atoms with Crippen molar-refractivity contribution in [1.29, 1.82) is 0 Å². The van der Waals surface area contributed by atoms with Crippen LogP contribution in [0.4, 0.5) is 5.69 Å². The Labute approximate surface area is 128 Å². The van der Waals surface area contributed by atoms with Crippen molar-refractivity contribution in [2.45, 2.75) is 6.54 Å². The maximum Gasteiger partial charge on any atom is 0.106 e. The number of hydrogen-bond donors (Lipinski definition) is 2. The minimum absolute atomic E-state index is 0.338. The van der Waals surface area contributed by atoms with Crippen molar-refractivity contribution in [2.75, 3.05) is 5.32 Å². The van der Waals surface area contributed by atoms with Crippen molar-refractivity contribution in [3.63, 3.8) is 0 Å². The van der Waals surface area contributed by atoms with Gasteiger partial charge in [-0.2, -0.15) is 0 Å². The molecule has 0 aliphatic heterocycles. The molecular formula is C12H10BrClN2S2. The minimum Gasteiger partial charge on any atom is -0.389 e. The minimum atomic E-state index is 0.338.